The zero-order valence-corrected chi connectivity index (χ0v) is 15.0. The molecule has 0 fully saturated rings. The number of aromatic nitrogens is 3. The Bertz CT molecular complexity index is 794. The summed E-state index contributed by atoms with van der Waals surface area (Å²) in [5.41, 5.74) is 3.24. The molecule has 114 valence electrons. The van der Waals surface area contributed by atoms with Crippen LogP contribution in [0.5, 0.6) is 5.75 Å². The van der Waals surface area contributed by atoms with E-state index in [1.54, 1.807) is 7.11 Å². The summed E-state index contributed by atoms with van der Waals surface area (Å²) in [7, 11) is 1.68. The summed E-state index contributed by atoms with van der Waals surface area (Å²) in [4.78, 5) is 4.55. The molecule has 0 saturated carbocycles. The maximum Gasteiger partial charge on any atom is 0.159 e. The van der Waals surface area contributed by atoms with Gasteiger partial charge in [0, 0.05) is 9.77 Å². The normalized spacial score (nSPS) is 11.3. The smallest absolute Gasteiger partial charge is 0.159 e. The van der Waals surface area contributed by atoms with Gasteiger partial charge in [-0.3, -0.25) is 0 Å². The number of hydrogen-bond donors (Lipinski definition) is 0. The molecule has 5 heteroatoms. The van der Waals surface area contributed by atoms with Gasteiger partial charge < -0.3 is 4.74 Å². The van der Waals surface area contributed by atoms with Crippen LogP contribution in [0, 0.1) is 3.57 Å². The van der Waals surface area contributed by atoms with Gasteiger partial charge in [0.15, 0.2) is 5.65 Å². The van der Waals surface area contributed by atoms with Crippen molar-refractivity contribution in [3.63, 3.8) is 0 Å². The van der Waals surface area contributed by atoms with E-state index < -0.39 is 0 Å². The van der Waals surface area contributed by atoms with Crippen LogP contribution in [0.1, 0.15) is 31.0 Å². The minimum Gasteiger partial charge on any atom is -0.497 e. The Hall–Kier alpha value is -1.63. The summed E-state index contributed by atoms with van der Waals surface area (Å²) in [5, 5.41) is 5.98. The molecule has 2 aromatic heterocycles. The lowest BCUT2D eigenvalue weighted by Crippen LogP contribution is -2.03. The molecule has 0 radical (unpaired) electrons. The predicted molar refractivity (Wildman–Crippen MR) is 96.4 cm³/mol. The summed E-state index contributed by atoms with van der Waals surface area (Å²) < 4.78 is 8.40. The van der Waals surface area contributed by atoms with Crippen LogP contribution in [0.25, 0.3) is 11.0 Å². The van der Waals surface area contributed by atoms with Crippen molar-refractivity contribution < 1.29 is 4.74 Å². The van der Waals surface area contributed by atoms with Crippen LogP contribution in [0.3, 0.4) is 0 Å². The lowest BCUT2D eigenvalue weighted by Gasteiger charge is -2.05. The molecule has 1 aromatic carbocycles. The topological polar surface area (TPSA) is 39.9 Å². The number of methoxy groups -OCH3 is 1. The zero-order chi connectivity index (χ0) is 15.7. The fraction of sp³-hybridized carbons (Fsp3) is 0.294. The van der Waals surface area contributed by atoms with Gasteiger partial charge in [0.05, 0.1) is 24.7 Å². The first-order valence-electron chi connectivity index (χ1n) is 7.24. The number of hydrogen-bond acceptors (Lipinski definition) is 3. The van der Waals surface area contributed by atoms with Gasteiger partial charge in [0.1, 0.15) is 5.75 Å². The van der Waals surface area contributed by atoms with Gasteiger partial charge in [-0.1, -0.05) is 26.0 Å². The number of pyridine rings is 1. The van der Waals surface area contributed by atoms with Crippen molar-refractivity contribution in [1.82, 2.24) is 14.8 Å². The second-order valence-corrected chi connectivity index (χ2v) is 6.70. The van der Waals surface area contributed by atoms with Crippen molar-refractivity contribution in [2.24, 2.45) is 0 Å². The van der Waals surface area contributed by atoms with Crippen LogP contribution in [0.2, 0.25) is 0 Å². The highest BCUT2D eigenvalue weighted by molar-refractivity contribution is 14.1. The predicted octanol–water partition coefficient (Wildman–Crippen LogP) is 4.22. The van der Waals surface area contributed by atoms with Gasteiger partial charge >= 0.3 is 0 Å². The number of halogens is 1. The minimum absolute atomic E-state index is 0.373. The van der Waals surface area contributed by atoms with E-state index in [9.17, 15) is 0 Å². The summed E-state index contributed by atoms with van der Waals surface area (Å²) in [6, 6.07) is 10.1. The van der Waals surface area contributed by atoms with Crippen molar-refractivity contribution in [1.29, 1.82) is 0 Å². The molecule has 2 heterocycles. The Balaban J connectivity index is 2.05. The van der Waals surface area contributed by atoms with Crippen molar-refractivity contribution in [2.45, 2.75) is 26.3 Å². The number of benzene rings is 1. The Morgan fingerprint density at radius 2 is 1.91 bits per heavy atom. The van der Waals surface area contributed by atoms with Crippen LogP contribution in [-0.2, 0) is 6.54 Å². The number of fused-ring (bicyclic) bond motifs is 1. The van der Waals surface area contributed by atoms with Crippen LogP contribution >= 0.6 is 22.6 Å². The first-order valence-corrected chi connectivity index (χ1v) is 8.32. The molecule has 0 N–H and O–H groups in total. The molecule has 0 unspecified atom stereocenters. The Morgan fingerprint density at radius 1 is 1.18 bits per heavy atom. The Labute approximate surface area is 143 Å². The van der Waals surface area contributed by atoms with Crippen molar-refractivity contribution in [3.8, 4) is 5.75 Å². The summed E-state index contributed by atoms with van der Waals surface area (Å²) in [6.45, 7) is 5.05. The molecule has 0 aliphatic rings. The second kappa shape index (κ2) is 6.24. The van der Waals surface area contributed by atoms with Gasteiger partial charge in [-0.05, 0) is 52.3 Å². The number of rotatable bonds is 4. The summed E-state index contributed by atoms with van der Waals surface area (Å²) in [5.74, 6) is 1.24. The van der Waals surface area contributed by atoms with E-state index in [1.165, 1.54) is 14.5 Å². The van der Waals surface area contributed by atoms with Crippen LogP contribution in [0.4, 0.5) is 0 Å². The van der Waals surface area contributed by atoms with Crippen LogP contribution < -0.4 is 4.74 Å². The van der Waals surface area contributed by atoms with Crippen molar-refractivity contribution in [2.75, 3.05) is 7.11 Å². The lowest BCUT2D eigenvalue weighted by molar-refractivity contribution is 0.414. The van der Waals surface area contributed by atoms with E-state index >= 15 is 0 Å². The highest BCUT2D eigenvalue weighted by Gasteiger charge is 2.16. The zero-order valence-electron chi connectivity index (χ0n) is 12.9. The molecule has 0 amide bonds. The van der Waals surface area contributed by atoms with Gasteiger partial charge in [-0.15, -0.1) is 0 Å². The maximum atomic E-state index is 5.21. The molecule has 0 aliphatic carbocycles. The molecule has 3 rings (SSSR count). The SMILES string of the molecule is COc1ccc(Cn2nc(C(C)C)c3c(I)ccnc32)cc1. The van der Waals surface area contributed by atoms with Gasteiger partial charge in [0.2, 0.25) is 0 Å². The third-order valence-electron chi connectivity index (χ3n) is 3.65. The first-order chi connectivity index (χ1) is 10.6. The maximum absolute atomic E-state index is 5.21. The van der Waals surface area contributed by atoms with Crippen LogP contribution in [0.15, 0.2) is 36.5 Å². The Kier molecular flexibility index (Phi) is 4.33. The quantitative estimate of drug-likeness (QED) is 0.609. The molecule has 0 saturated heterocycles. The van der Waals surface area contributed by atoms with E-state index in [4.69, 9.17) is 9.84 Å². The van der Waals surface area contributed by atoms with E-state index in [0.717, 1.165) is 17.1 Å². The largest absolute Gasteiger partial charge is 0.497 e. The van der Waals surface area contributed by atoms with E-state index in [-0.39, 0.29) is 0 Å². The fourth-order valence-corrected chi connectivity index (χ4v) is 3.18. The van der Waals surface area contributed by atoms with Crippen LogP contribution in [-0.4, -0.2) is 21.9 Å². The minimum atomic E-state index is 0.373. The monoisotopic (exact) mass is 407 g/mol. The molecular weight excluding hydrogens is 389 g/mol. The average molecular weight is 407 g/mol. The average Bonchev–Trinajstić information content (AvgIpc) is 2.89. The molecule has 3 aromatic rings. The number of ether oxygens (including phenoxy) is 1. The van der Waals surface area contributed by atoms with E-state index in [2.05, 4.69) is 53.6 Å². The highest BCUT2D eigenvalue weighted by atomic mass is 127. The molecule has 0 atom stereocenters. The molecule has 4 nitrogen and oxygen atoms in total. The molecule has 22 heavy (non-hydrogen) atoms. The molecule has 0 spiro atoms. The highest BCUT2D eigenvalue weighted by Crippen LogP contribution is 2.28. The van der Waals surface area contributed by atoms with E-state index in [1.807, 2.05) is 29.1 Å². The van der Waals surface area contributed by atoms with E-state index in [0.29, 0.717) is 12.5 Å². The van der Waals surface area contributed by atoms with Gasteiger partial charge in [-0.2, -0.15) is 5.10 Å². The molecular formula is C17H18IN3O. The standard InChI is InChI=1S/C17H18IN3O/c1-11(2)16-15-14(18)8-9-19-17(15)21(20-16)10-12-4-6-13(22-3)7-5-12/h4-9,11H,10H2,1-3H3. The van der Waals surface area contributed by atoms with Gasteiger partial charge in [0.25, 0.3) is 0 Å². The molecule has 0 bridgehead atoms. The summed E-state index contributed by atoms with van der Waals surface area (Å²) >= 11 is 2.36. The number of nitrogens with zero attached hydrogens (tertiary/aromatic N) is 3. The third kappa shape index (κ3) is 2.82. The molecule has 0 aliphatic heterocycles. The summed E-state index contributed by atoms with van der Waals surface area (Å²) in [6.07, 6.45) is 1.85. The second-order valence-electron chi connectivity index (χ2n) is 5.54. The fourth-order valence-electron chi connectivity index (χ4n) is 2.51. The van der Waals surface area contributed by atoms with Crippen molar-refractivity contribution >= 4 is 33.6 Å². The lowest BCUT2D eigenvalue weighted by atomic mass is 10.1. The first kappa shape index (κ1) is 15.3. The van der Waals surface area contributed by atoms with Gasteiger partial charge in [-0.25, -0.2) is 9.67 Å². The van der Waals surface area contributed by atoms with Crippen molar-refractivity contribution in [3.05, 3.63) is 51.4 Å². The third-order valence-corrected chi connectivity index (χ3v) is 4.55. The Morgan fingerprint density at radius 3 is 2.55 bits per heavy atom.